The van der Waals surface area contributed by atoms with E-state index in [9.17, 15) is 8.42 Å². The largest absolute Gasteiger partial charge is 0.379 e. The zero-order valence-electron chi connectivity index (χ0n) is 9.93. The zero-order valence-corrected chi connectivity index (χ0v) is 10.7. The van der Waals surface area contributed by atoms with Crippen LogP contribution >= 0.6 is 0 Å². The van der Waals surface area contributed by atoms with Crippen LogP contribution in [0.3, 0.4) is 0 Å². The number of hydrogen-bond donors (Lipinski definition) is 0. The van der Waals surface area contributed by atoms with Gasteiger partial charge in [-0.15, -0.1) is 0 Å². The van der Waals surface area contributed by atoms with Gasteiger partial charge in [-0.3, -0.25) is 0 Å². The first-order valence-corrected chi connectivity index (χ1v) is 7.30. The van der Waals surface area contributed by atoms with Gasteiger partial charge >= 0.3 is 0 Å². The molecular weight excluding hydrogens is 238 g/mol. The highest BCUT2D eigenvalue weighted by Crippen LogP contribution is 2.15. The number of morpholine rings is 1. The van der Waals surface area contributed by atoms with E-state index in [-0.39, 0.29) is 5.75 Å². The zero-order chi connectivity index (χ0) is 12.3. The minimum atomic E-state index is -3.21. The summed E-state index contributed by atoms with van der Waals surface area (Å²) in [5.74, 6) is 0.0830. The molecule has 1 heterocycles. The molecular formula is C12H17NO3S. The molecule has 5 heteroatoms. The third kappa shape index (κ3) is 3.06. The quantitative estimate of drug-likeness (QED) is 0.814. The van der Waals surface area contributed by atoms with Crippen LogP contribution in [0.1, 0.15) is 11.1 Å². The molecule has 0 bridgehead atoms. The van der Waals surface area contributed by atoms with E-state index in [1.807, 2.05) is 31.2 Å². The van der Waals surface area contributed by atoms with Crippen LogP contribution in [-0.2, 0) is 20.5 Å². The summed E-state index contributed by atoms with van der Waals surface area (Å²) in [5, 5.41) is 0. The first kappa shape index (κ1) is 12.5. The Bertz CT molecular complexity index is 478. The molecule has 1 aromatic rings. The molecule has 0 aliphatic carbocycles. The van der Waals surface area contributed by atoms with Gasteiger partial charge in [-0.25, -0.2) is 8.42 Å². The number of rotatable bonds is 3. The van der Waals surface area contributed by atoms with E-state index < -0.39 is 10.0 Å². The molecule has 17 heavy (non-hydrogen) atoms. The van der Waals surface area contributed by atoms with Crippen molar-refractivity contribution < 1.29 is 13.2 Å². The van der Waals surface area contributed by atoms with Crippen molar-refractivity contribution in [2.24, 2.45) is 0 Å². The lowest BCUT2D eigenvalue weighted by molar-refractivity contribution is 0.0729. The molecule has 1 fully saturated rings. The molecule has 4 nitrogen and oxygen atoms in total. The highest BCUT2D eigenvalue weighted by molar-refractivity contribution is 7.88. The topological polar surface area (TPSA) is 46.6 Å². The molecule has 0 radical (unpaired) electrons. The predicted octanol–water partition coefficient (Wildman–Crippen LogP) is 1.16. The van der Waals surface area contributed by atoms with E-state index in [0.29, 0.717) is 26.3 Å². The molecule has 0 amide bonds. The highest BCUT2D eigenvalue weighted by atomic mass is 32.2. The summed E-state index contributed by atoms with van der Waals surface area (Å²) in [7, 11) is -3.21. The van der Waals surface area contributed by atoms with Gasteiger partial charge < -0.3 is 4.74 Å². The van der Waals surface area contributed by atoms with Crippen molar-refractivity contribution in [2.75, 3.05) is 26.3 Å². The molecule has 0 aromatic heterocycles. The molecule has 0 N–H and O–H groups in total. The summed E-state index contributed by atoms with van der Waals surface area (Å²) in [5.41, 5.74) is 1.89. The standard InChI is InChI=1S/C12H17NO3S/c1-11-4-2-3-5-12(11)10-17(14,15)13-6-8-16-9-7-13/h2-5H,6-10H2,1H3. The van der Waals surface area contributed by atoms with Gasteiger partial charge in [-0.2, -0.15) is 4.31 Å². The minimum Gasteiger partial charge on any atom is -0.379 e. The van der Waals surface area contributed by atoms with E-state index in [1.165, 1.54) is 4.31 Å². The lowest BCUT2D eigenvalue weighted by atomic mass is 10.1. The minimum absolute atomic E-state index is 0.0830. The molecule has 1 aromatic carbocycles. The molecule has 0 spiro atoms. The summed E-state index contributed by atoms with van der Waals surface area (Å²) in [4.78, 5) is 0. The Balaban J connectivity index is 2.14. The van der Waals surface area contributed by atoms with E-state index in [1.54, 1.807) is 0 Å². The Morgan fingerprint density at radius 1 is 1.24 bits per heavy atom. The van der Waals surface area contributed by atoms with Gasteiger partial charge in [-0.05, 0) is 18.1 Å². The molecule has 1 saturated heterocycles. The van der Waals surface area contributed by atoms with E-state index >= 15 is 0 Å². The Kier molecular flexibility index (Phi) is 3.81. The Morgan fingerprint density at radius 2 is 1.88 bits per heavy atom. The second-order valence-corrected chi connectivity index (χ2v) is 6.16. The van der Waals surface area contributed by atoms with Crippen LogP contribution in [0.25, 0.3) is 0 Å². The average Bonchev–Trinajstić information content (AvgIpc) is 2.33. The number of ether oxygens (including phenoxy) is 1. The van der Waals surface area contributed by atoms with Crippen molar-refractivity contribution >= 4 is 10.0 Å². The first-order chi connectivity index (χ1) is 8.09. The number of aryl methyl sites for hydroxylation is 1. The lowest BCUT2D eigenvalue weighted by Crippen LogP contribution is -2.41. The van der Waals surface area contributed by atoms with Crippen LogP contribution in [0.5, 0.6) is 0 Å². The van der Waals surface area contributed by atoms with Gasteiger partial charge in [0, 0.05) is 13.1 Å². The van der Waals surface area contributed by atoms with Gasteiger partial charge in [0.15, 0.2) is 0 Å². The third-order valence-corrected chi connectivity index (χ3v) is 4.79. The van der Waals surface area contributed by atoms with Gasteiger partial charge in [0.2, 0.25) is 10.0 Å². The smallest absolute Gasteiger partial charge is 0.218 e. The monoisotopic (exact) mass is 255 g/mol. The van der Waals surface area contributed by atoms with Crippen LogP contribution in [0, 0.1) is 6.92 Å². The number of nitrogens with zero attached hydrogens (tertiary/aromatic N) is 1. The van der Waals surface area contributed by atoms with Crippen molar-refractivity contribution in [3.8, 4) is 0 Å². The molecule has 1 aliphatic heterocycles. The van der Waals surface area contributed by atoms with Crippen molar-refractivity contribution in [1.29, 1.82) is 0 Å². The third-order valence-electron chi connectivity index (χ3n) is 2.96. The van der Waals surface area contributed by atoms with Crippen LogP contribution in [-0.4, -0.2) is 39.0 Å². The van der Waals surface area contributed by atoms with Gasteiger partial charge in [0.25, 0.3) is 0 Å². The Hall–Kier alpha value is -0.910. The first-order valence-electron chi connectivity index (χ1n) is 5.70. The molecule has 94 valence electrons. The van der Waals surface area contributed by atoms with Crippen molar-refractivity contribution in [3.63, 3.8) is 0 Å². The molecule has 1 aliphatic rings. The van der Waals surface area contributed by atoms with Crippen LogP contribution in [0.2, 0.25) is 0 Å². The van der Waals surface area contributed by atoms with Crippen LogP contribution in [0.4, 0.5) is 0 Å². The summed E-state index contributed by atoms with van der Waals surface area (Å²) < 4.78 is 31.0. The fourth-order valence-corrected chi connectivity index (χ4v) is 3.49. The SMILES string of the molecule is Cc1ccccc1CS(=O)(=O)N1CCOCC1. The highest BCUT2D eigenvalue weighted by Gasteiger charge is 2.24. The van der Waals surface area contributed by atoms with Crippen molar-refractivity contribution in [1.82, 2.24) is 4.31 Å². The molecule has 2 rings (SSSR count). The second kappa shape index (κ2) is 5.16. The van der Waals surface area contributed by atoms with E-state index in [4.69, 9.17) is 4.74 Å². The average molecular weight is 255 g/mol. The summed E-state index contributed by atoms with van der Waals surface area (Å²) >= 11 is 0. The fraction of sp³-hybridized carbons (Fsp3) is 0.500. The Morgan fingerprint density at radius 3 is 2.53 bits per heavy atom. The van der Waals surface area contributed by atoms with E-state index in [0.717, 1.165) is 11.1 Å². The normalized spacial score (nSPS) is 18.2. The van der Waals surface area contributed by atoms with Crippen molar-refractivity contribution in [3.05, 3.63) is 35.4 Å². The van der Waals surface area contributed by atoms with Crippen molar-refractivity contribution in [2.45, 2.75) is 12.7 Å². The van der Waals surface area contributed by atoms with Gasteiger partial charge in [-0.1, -0.05) is 24.3 Å². The number of benzene rings is 1. The summed E-state index contributed by atoms with van der Waals surface area (Å²) in [6, 6.07) is 7.59. The summed E-state index contributed by atoms with van der Waals surface area (Å²) in [6.45, 7) is 3.85. The van der Waals surface area contributed by atoms with Crippen LogP contribution in [0.15, 0.2) is 24.3 Å². The predicted molar refractivity (Wildman–Crippen MR) is 66.2 cm³/mol. The number of sulfonamides is 1. The maximum Gasteiger partial charge on any atom is 0.218 e. The number of hydrogen-bond acceptors (Lipinski definition) is 3. The molecule has 0 saturated carbocycles. The lowest BCUT2D eigenvalue weighted by Gasteiger charge is -2.26. The van der Waals surface area contributed by atoms with Crippen LogP contribution < -0.4 is 0 Å². The maximum absolute atomic E-state index is 12.2. The van der Waals surface area contributed by atoms with Gasteiger partial charge in [0.1, 0.15) is 0 Å². The maximum atomic E-state index is 12.2. The fourth-order valence-electron chi connectivity index (χ4n) is 1.88. The summed E-state index contributed by atoms with van der Waals surface area (Å²) in [6.07, 6.45) is 0. The Labute approximate surface area is 102 Å². The molecule has 0 atom stereocenters. The molecule has 0 unspecified atom stereocenters. The second-order valence-electron chi connectivity index (χ2n) is 4.19. The van der Waals surface area contributed by atoms with Gasteiger partial charge in [0.05, 0.1) is 19.0 Å². The van der Waals surface area contributed by atoms with E-state index in [2.05, 4.69) is 0 Å².